The van der Waals surface area contributed by atoms with E-state index in [-0.39, 0.29) is 10.6 Å². The first-order valence-corrected chi connectivity index (χ1v) is 7.48. The van der Waals surface area contributed by atoms with E-state index in [0.717, 1.165) is 11.8 Å². The smallest absolute Gasteiger partial charge is 0.292 e. The highest BCUT2D eigenvalue weighted by Gasteiger charge is 2.22. The van der Waals surface area contributed by atoms with Crippen LogP contribution in [0.25, 0.3) is 0 Å². The summed E-state index contributed by atoms with van der Waals surface area (Å²) >= 11 is 0.768. The molecule has 0 saturated heterocycles. The Kier molecular flexibility index (Phi) is 4.85. The Morgan fingerprint density at radius 1 is 1.28 bits per heavy atom. The third kappa shape index (κ3) is 3.30. The standard InChI is InChI=1S/C10H13NO5S2/c1-15-7-4-5-8(16-2)9(6-7)18(13,14)11-10(12)17-3/h4-6H,1-3H3,(H,11,12). The molecule has 0 unspecified atom stereocenters. The first kappa shape index (κ1) is 14.7. The number of hydrogen-bond donors (Lipinski definition) is 1. The van der Waals surface area contributed by atoms with Crippen molar-refractivity contribution < 1.29 is 22.7 Å². The van der Waals surface area contributed by atoms with Crippen molar-refractivity contribution >= 4 is 27.0 Å². The molecule has 1 aromatic carbocycles. The molecule has 100 valence electrons. The summed E-state index contributed by atoms with van der Waals surface area (Å²) < 4.78 is 35.7. The molecule has 0 aliphatic carbocycles. The molecular weight excluding hydrogens is 278 g/mol. The van der Waals surface area contributed by atoms with Gasteiger partial charge in [-0.15, -0.1) is 0 Å². The molecule has 0 bridgehead atoms. The van der Waals surface area contributed by atoms with E-state index in [1.54, 1.807) is 6.07 Å². The van der Waals surface area contributed by atoms with Crippen molar-refractivity contribution in [1.29, 1.82) is 0 Å². The maximum Gasteiger partial charge on any atom is 0.292 e. The molecule has 0 radical (unpaired) electrons. The lowest BCUT2D eigenvalue weighted by molar-refractivity contribution is 0.265. The van der Waals surface area contributed by atoms with Crippen LogP contribution in [-0.2, 0) is 10.0 Å². The summed E-state index contributed by atoms with van der Waals surface area (Å²) in [4.78, 5) is 11.0. The molecule has 1 N–H and O–H groups in total. The SMILES string of the molecule is COc1ccc(OC)c(S(=O)(=O)NC(=O)SC)c1. The average molecular weight is 291 g/mol. The Morgan fingerprint density at radius 3 is 2.44 bits per heavy atom. The molecule has 1 aromatic rings. The molecule has 0 fully saturated rings. The van der Waals surface area contributed by atoms with Crippen molar-refractivity contribution in [3.8, 4) is 11.5 Å². The zero-order valence-electron chi connectivity index (χ0n) is 10.1. The molecule has 0 aromatic heterocycles. The van der Waals surface area contributed by atoms with E-state index in [1.807, 2.05) is 4.72 Å². The van der Waals surface area contributed by atoms with Crippen LogP contribution in [-0.4, -0.2) is 34.1 Å². The average Bonchev–Trinajstić information content (AvgIpc) is 2.37. The number of sulfonamides is 1. The van der Waals surface area contributed by atoms with E-state index in [1.165, 1.54) is 32.6 Å². The number of methoxy groups -OCH3 is 2. The molecule has 0 heterocycles. The molecule has 0 spiro atoms. The van der Waals surface area contributed by atoms with Crippen LogP contribution < -0.4 is 14.2 Å². The summed E-state index contributed by atoms with van der Waals surface area (Å²) in [6.07, 6.45) is 1.48. The fraction of sp³-hybridized carbons (Fsp3) is 0.300. The van der Waals surface area contributed by atoms with Crippen LogP contribution in [0.2, 0.25) is 0 Å². The summed E-state index contributed by atoms with van der Waals surface area (Å²) in [5.41, 5.74) is 0. The van der Waals surface area contributed by atoms with Gasteiger partial charge in [0.05, 0.1) is 14.2 Å². The highest BCUT2D eigenvalue weighted by atomic mass is 32.2. The zero-order chi connectivity index (χ0) is 13.8. The van der Waals surface area contributed by atoms with Gasteiger partial charge in [-0.2, -0.15) is 0 Å². The number of thioether (sulfide) groups is 1. The quantitative estimate of drug-likeness (QED) is 0.904. The zero-order valence-corrected chi connectivity index (χ0v) is 11.7. The van der Waals surface area contributed by atoms with Gasteiger partial charge in [-0.1, -0.05) is 11.8 Å². The van der Waals surface area contributed by atoms with E-state index in [2.05, 4.69) is 0 Å². The van der Waals surface area contributed by atoms with Gasteiger partial charge in [0.25, 0.3) is 15.3 Å². The number of carbonyl (C=O) groups excluding carboxylic acids is 1. The van der Waals surface area contributed by atoms with Crippen molar-refractivity contribution in [1.82, 2.24) is 4.72 Å². The fourth-order valence-corrected chi connectivity index (χ4v) is 2.88. The summed E-state index contributed by atoms with van der Waals surface area (Å²) in [6, 6.07) is 4.31. The lowest BCUT2D eigenvalue weighted by Gasteiger charge is -2.11. The Morgan fingerprint density at radius 2 is 1.94 bits per heavy atom. The lowest BCUT2D eigenvalue weighted by Crippen LogP contribution is -2.27. The van der Waals surface area contributed by atoms with Gasteiger partial charge in [-0.3, -0.25) is 4.79 Å². The fourth-order valence-electron chi connectivity index (χ4n) is 1.20. The predicted octanol–water partition coefficient (Wildman–Crippen LogP) is 1.47. The summed E-state index contributed by atoms with van der Waals surface area (Å²) in [7, 11) is -1.21. The highest BCUT2D eigenvalue weighted by molar-refractivity contribution is 8.14. The molecule has 0 saturated carbocycles. The van der Waals surface area contributed by atoms with Crippen LogP contribution >= 0.6 is 11.8 Å². The van der Waals surface area contributed by atoms with Crippen LogP contribution in [0, 0.1) is 0 Å². The van der Waals surface area contributed by atoms with Gasteiger partial charge >= 0.3 is 0 Å². The Balaban J connectivity index is 3.25. The lowest BCUT2D eigenvalue weighted by atomic mass is 10.3. The monoisotopic (exact) mass is 291 g/mol. The molecule has 18 heavy (non-hydrogen) atoms. The molecule has 6 nitrogen and oxygen atoms in total. The van der Waals surface area contributed by atoms with Gasteiger partial charge in [-0.05, 0) is 18.4 Å². The number of ether oxygens (including phenoxy) is 2. The van der Waals surface area contributed by atoms with Gasteiger partial charge in [0.15, 0.2) is 0 Å². The van der Waals surface area contributed by atoms with Gasteiger partial charge in [0.2, 0.25) is 0 Å². The molecular formula is C10H13NO5S2. The van der Waals surface area contributed by atoms with Gasteiger partial charge in [0, 0.05) is 6.07 Å². The maximum atomic E-state index is 12.0. The normalized spacial score (nSPS) is 10.8. The minimum Gasteiger partial charge on any atom is -0.497 e. The van der Waals surface area contributed by atoms with Crippen molar-refractivity contribution in [3.05, 3.63) is 18.2 Å². The number of hydrogen-bond acceptors (Lipinski definition) is 6. The molecule has 1 rings (SSSR count). The van der Waals surface area contributed by atoms with E-state index in [9.17, 15) is 13.2 Å². The van der Waals surface area contributed by atoms with Crippen molar-refractivity contribution in [2.45, 2.75) is 4.90 Å². The minimum absolute atomic E-state index is 0.136. The second-order valence-electron chi connectivity index (χ2n) is 3.11. The van der Waals surface area contributed by atoms with E-state index in [4.69, 9.17) is 9.47 Å². The number of benzene rings is 1. The second-order valence-corrected chi connectivity index (χ2v) is 5.54. The summed E-state index contributed by atoms with van der Waals surface area (Å²) in [6.45, 7) is 0. The summed E-state index contributed by atoms with van der Waals surface area (Å²) in [5, 5.41) is -0.667. The summed E-state index contributed by atoms with van der Waals surface area (Å²) in [5.74, 6) is 0.491. The van der Waals surface area contributed by atoms with Crippen LogP contribution in [0.15, 0.2) is 23.1 Å². The maximum absolute atomic E-state index is 12.0. The number of carbonyl (C=O) groups is 1. The molecule has 0 aliphatic rings. The number of rotatable bonds is 4. The van der Waals surface area contributed by atoms with Gasteiger partial charge < -0.3 is 9.47 Å². The van der Waals surface area contributed by atoms with Crippen molar-refractivity contribution in [2.75, 3.05) is 20.5 Å². The van der Waals surface area contributed by atoms with Crippen molar-refractivity contribution in [2.24, 2.45) is 0 Å². The Hall–Kier alpha value is -1.41. The number of nitrogens with one attached hydrogen (secondary N) is 1. The van der Waals surface area contributed by atoms with E-state index < -0.39 is 15.3 Å². The first-order chi connectivity index (χ1) is 8.44. The Labute approximate surface area is 110 Å². The van der Waals surface area contributed by atoms with E-state index >= 15 is 0 Å². The molecule has 0 atom stereocenters. The van der Waals surface area contributed by atoms with Crippen molar-refractivity contribution in [3.63, 3.8) is 0 Å². The van der Waals surface area contributed by atoms with Gasteiger partial charge in [-0.25, -0.2) is 13.1 Å². The largest absolute Gasteiger partial charge is 0.497 e. The van der Waals surface area contributed by atoms with Crippen LogP contribution in [0.1, 0.15) is 0 Å². The minimum atomic E-state index is -3.97. The molecule has 0 aliphatic heterocycles. The predicted molar refractivity (Wildman–Crippen MR) is 68.8 cm³/mol. The highest BCUT2D eigenvalue weighted by Crippen LogP contribution is 2.28. The first-order valence-electron chi connectivity index (χ1n) is 4.77. The third-order valence-electron chi connectivity index (χ3n) is 2.06. The topological polar surface area (TPSA) is 81.7 Å². The van der Waals surface area contributed by atoms with Crippen LogP contribution in [0.5, 0.6) is 11.5 Å². The second kappa shape index (κ2) is 5.96. The Bertz CT molecular complexity index is 541. The van der Waals surface area contributed by atoms with Crippen LogP contribution in [0.3, 0.4) is 0 Å². The van der Waals surface area contributed by atoms with E-state index in [0.29, 0.717) is 5.75 Å². The third-order valence-corrected chi connectivity index (χ3v) is 4.02. The molecule has 8 heteroatoms. The molecule has 1 amide bonds. The van der Waals surface area contributed by atoms with Gasteiger partial charge in [0.1, 0.15) is 16.4 Å². The number of amides is 1. The van der Waals surface area contributed by atoms with Crippen LogP contribution in [0.4, 0.5) is 4.79 Å².